The molecule has 2 fully saturated rings. The maximum atomic E-state index is 13.4. The van der Waals surface area contributed by atoms with Crippen LogP contribution in [0.15, 0.2) is 24.3 Å². The van der Waals surface area contributed by atoms with E-state index in [1.165, 1.54) is 17.0 Å². The molecule has 31 heavy (non-hydrogen) atoms. The van der Waals surface area contributed by atoms with Gasteiger partial charge in [-0.15, -0.1) is 0 Å². The van der Waals surface area contributed by atoms with Crippen molar-refractivity contribution >= 4 is 11.8 Å². The summed E-state index contributed by atoms with van der Waals surface area (Å²) in [6.45, 7) is 3.29. The summed E-state index contributed by atoms with van der Waals surface area (Å²) in [5.74, 6) is -0.295. The molecular formula is C22H30F3N3O3. The summed E-state index contributed by atoms with van der Waals surface area (Å²) in [6.07, 6.45) is -1.57. The number of halogens is 3. The van der Waals surface area contributed by atoms with Gasteiger partial charge in [0, 0.05) is 18.7 Å². The van der Waals surface area contributed by atoms with Gasteiger partial charge in [0.1, 0.15) is 11.8 Å². The predicted octanol–water partition coefficient (Wildman–Crippen LogP) is 3.13. The Labute approximate surface area is 180 Å². The van der Waals surface area contributed by atoms with E-state index in [2.05, 4.69) is 12.2 Å². The van der Waals surface area contributed by atoms with Gasteiger partial charge in [-0.1, -0.05) is 6.92 Å². The molecule has 2 amide bonds. The third-order valence-corrected chi connectivity index (χ3v) is 6.16. The highest BCUT2D eigenvalue weighted by Gasteiger charge is 2.53. The van der Waals surface area contributed by atoms with Crippen molar-refractivity contribution in [2.45, 2.75) is 50.6 Å². The number of likely N-dealkylation sites (N-methyl/N-ethyl adjacent to an activating group) is 1. The van der Waals surface area contributed by atoms with Crippen molar-refractivity contribution < 1.29 is 27.5 Å². The Morgan fingerprint density at radius 3 is 2.35 bits per heavy atom. The lowest BCUT2D eigenvalue weighted by Crippen LogP contribution is -2.57. The molecule has 1 saturated carbocycles. The Bertz CT molecular complexity index is 787. The van der Waals surface area contributed by atoms with Crippen molar-refractivity contribution in [3.8, 4) is 0 Å². The van der Waals surface area contributed by atoms with Crippen molar-refractivity contribution in [2.24, 2.45) is 5.92 Å². The molecule has 1 aromatic carbocycles. The van der Waals surface area contributed by atoms with Crippen LogP contribution < -0.4 is 5.32 Å². The number of nitrogens with zero attached hydrogens (tertiary/aromatic N) is 2. The minimum atomic E-state index is -4.48. The summed E-state index contributed by atoms with van der Waals surface area (Å²) < 4.78 is 44.8. The molecule has 1 heterocycles. The van der Waals surface area contributed by atoms with Gasteiger partial charge in [-0.2, -0.15) is 13.2 Å². The first-order valence-electron chi connectivity index (χ1n) is 10.6. The van der Waals surface area contributed by atoms with Crippen molar-refractivity contribution in [1.82, 2.24) is 15.1 Å². The number of alkyl halides is 3. The fourth-order valence-electron chi connectivity index (χ4n) is 4.24. The van der Waals surface area contributed by atoms with Crippen LogP contribution in [0.1, 0.15) is 48.5 Å². The molecule has 3 rings (SSSR count). The Morgan fingerprint density at radius 1 is 1.19 bits per heavy atom. The zero-order valence-corrected chi connectivity index (χ0v) is 18.2. The average Bonchev–Trinajstić information content (AvgIpc) is 3.08. The lowest BCUT2D eigenvalue weighted by Gasteiger charge is -2.43. The molecule has 1 aliphatic heterocycles. The van der Waals surface area contributed by atoms with E-state index in [1.807, 2.05) is 19.0 Å². The zero-order valence-electron chi connectivity index (χ0n) is 18.2. The largest absolute Gasteiger partial charge is 0.416 e. The van der Waals surface area contributed by atoms with Gasteiger partial charge >= 0.3 is 6.18 Å². The summed E-state index contributed by atoms with van der Waals surface area (Å²) in [6, 6.07) is 3.32. The van der Waals surface area contributed by atoms with Gasteiger partial charge < -0.3 is 15.0 Å². The quantitative estimate of drug-likeness (QED) is 0.763. The molecule has 1 aromatic rings. The second kappa shape index (κ2) is 9.16. The summed E-state index contributed by atoms with van der Waals surface area (Å²) in [4.78, 5) is 29.7. The molecule has 2 aliphatic rings. The van der Waals surface area contributed by atoms with E-state index in [0.717, 1.165) is 25.0 Å². The number of benzene rings is 1. The van der Waals surface area contributed by atoms with Gasteiger partial charge in [0.25, 0.3) is 5.91 Å². The van der Waals surface area contributed by atoms with E-state index in [4.69, 9.17) is 4.74 Å². The van der Waals surface area contributed by atoms with E-state index >= 15 is 0 Å². The first-order chi connectivity index (χ1) is 14.5. The molecule has 1 N–H and O–H groups in total. The average molecular weight is 441 g/mol. The minimum absolute atomic E-state index is 0.0779. The number of carbonyl (C=O) groups is 2. The highest BCUT2D eigenvalue weighted by Crippen LogP contribution is 2.43. The molecule has 1 atom stereocenters. The second-order valence-electron chi connectivity index (χ2n) is 8.80. The molecule has 0 aromatic heterocycles. The fourth-order valence-corrected chi connectivity index (χ4v) is 4.24. The van der Waals surface area contributed by atoms with Gasteiger partial charge in [0.05, 0.1) is 12.2 Å². The highest BCUT2D eigenvalue weighted by molar-refractivity contribution is 5.98. The smallest absolute Gasteiger partial charge is 0.353 e. The molecule has 1 spiro atoms. The molecular weight excluding hydrogens is 411 g/mol. The normalized spacial score (nSPS) is 26.5. The summed E-state index contributed by atoms with van der Waals surface area (Å²) in [7, 11) is 3.78. The van der Waals surface area contributed by atoms with Crippen molar-refractivity contribution in [1.29, 1.82) is 0 Å². The highest BCUT2D eigenvalue weighted by atomic mass is 19.4. The molecule has 6 nitrogen and oxygen atoms in total. The Kier molecular flexibility index (Phi) is 6.95. The zero-order chi connectivity index (χ0) is 22.8. The van der Waals surface area contributed by atoms with Gasteiger partial charge in [-0.05, 0) is 70.0 Å². The van der Waals surface area contributed by atoms with E-state index in [1.54, 1.807) is 0 Å². The van der Waals surface area contributed by atoms with Crippen molar-refractivity contribution in [3.63, 3.8) is 0 Å². The number of carbonyl (C=O) groups excluding carboxylic acids is 2. The summed E-state index contributed by atoms with van der Waals surface area (Å²) in [5, 5.41) is 2.85. The van der Waals surface area contributed by atoms with Crippen LogP contribution in [0.3, 0.4) is 0 Å². The maximum absolute atomic E-state index is 13.4. The van der Waals surface area contributed by atoms with Crippen LogP contribution in [0.25, 0.3) is 0 Å². The Balaban J connectivity index is 1.85. The first-order valence-corrected chi connectivity index (χ1v) is 10.6. The van der Waals surface area contributed by atoms with Gasteiger partial charge in [-0.3, -0.25) is 14.5 Å². The van der Waals surface area contributed by atoms with Crippen LogP contribution >= 0.6 is 0 Å². The second-order valence-corrected chi connectivity index (χ2v) is 8.80. The molecule has 1 saturated heterocycles. The molecule has 0 unspecified atom stereocenters. The van der Waals surface area contributed by atoms with Crippen LogP contribution in [0, 0.1) is 5.92 Å². The van der Waals surface area contributed by atoms with Crippen LogP contribution in [-0.4, -0.2) is 67.2 Å². The minimum Gasteiger partial charge on any atom is -0.353 e. The van der Waals surface area contributed by atoms with E-state index in [9.17, 15) is 22.8 Å². The SMILES string of the molecule is CC1CCC2(CC1)OC[C@@H](C(=O)NCCN(C)C)N2C(=O)c1ccc(C(F)(F)F)cc1. The lowest BCUT2D eigenvalue weighted by atomic mass is 9.83. The van der Waals surface area contributed by atoms with Crippen molar-refractivity contribution in [2.75, 3.05) is 33.8 Å². The Hall–Kier alpha value is -2.13. The lowest BCUT2D eigenvalue weighted by molar-refractivity contribution is -0.137. The van der Waals surface area contributed by atoms with E-state index < -0.39 is 29.4 Å². The molecule has 0 bridgehead atoms. The first kappa shape index (κ1) is 23.5. The van der Waals surface area contributed by atoms with Crippen LogP contribution in [0.2, 0.25) is 0 Å². The predicted molar refractivity (Wildman–Crippen MR) is 109 cm³/mol. The number of nitrogens with one attached hydrogen (secondary N) is 1. The Morgan fingerprint density at radius 2 is 1.81 bits per heavy atom. The van der Waals surface area contributed by atoms with Crippen LogP contribution in [0.5, 0.6) is 0 Å². The number of hydrogen-bond acceptors (Lipinski definition) is 4. The van der Waals surface area contributed by atoms with E-state index in [-0.39, 0.29) is 18.1 Å². The third-order valence-electron chi connectivity index (χ3n) is 6.16. The standard InChI is InChI=1S/C22H30F3N3O3/c1-15-8-10-21(11-9-15)28(18(14-31-21)19(29)26-12-13-27(2)3)20(30)16-4-6-17(7-5-16)22(23,24)25/h4-7,15,18H,8-14H2,1-3H3,(H,26,29)/t15?,18-,21?/m0/s1. The molecule has 0 radical (unpaired) electrons. The molecule has 9 heteroatoms. The number of hydrogen-bond donors (Lipinski definition) is 1. The monoisotopic (exact) mass is 441 g/mol. The summed E-state index contributed by atoms with van der Waals surface area (Å²) in [5.41, 5.74) is -1.60. The fraction of sp³-hybridized carbons (Fsp3) is 0.636. The topological polar surface area (TPSA) is 61.9 Å². The van der Waals surface area contributed by atoms with Gasteiger partial charge in [0.15, 0.2) is 0 Å². The van der Waals surface area contributed by atoms with Crippen molar-refractivity contribution in [3.05, 3.63) is 35.4 Å². The molecule has 1 aliphatic carbocycles. The van der Waals surface area contributed by atoms with Gasteiger partial charge in [-0.25, -0.2) is 0 Å². The maximum Gasteiger partial charge on any atom is 0.416 e. The van der Waals surface area contributed by atoms with Crippen LogP contribution in [-0.2, 0) is 15.7 Å². The van der Waals surface area contributed by atoms with E-state index in [0.29, 0.717) is 31.8 Å². The van der Waals surface area contributed by atoms with Crippen LogP contribution in [0.4, 0.5) is 13.2 Å². The third kappa shape index (κ3) is 5.20. The summed E-state index contributed by atoms with van der Waals surface area (Å²) >= 11 is 0. The number of ether oxygens (including phenoxy) is 1. The molecule has 172 valence electrons. The van der Waals surface area contributed by atoms with Gasteiger partial charge in [0.2, 0.25) is 5.91 Å². The number of amides is 2. The number of rotatable bonds is 5.